The number of nitrogens with zero attached hydrogens (tertiary/aromatic N) is 6. The van der Waals surface area contributed by atoms with Crippen LogP contribution < -0.4 is 10.6 Å². The molecule has 1 saturated heterocycles. The van der Waals surface area contributed by atoms with Crippen molar-refractivity contribution < 1.29 is 9.21 Å². The highest BCUT2D eigenvalue weighted by molar-refractivity contribution is 6.06. The van der Waals surface area contributed by atoms with Gasteiger partial charge in [0.25, 0.3) is 5.91 Å². The van der Waals surface area contributed by atoms with Gasteiger partial charge in [0.05, 0.1) is 5.69 Å². The van der Waals surface area contributed by atoms with E-state index in [4.69, 9.17) is 15.2 Å². The molecule has 3 heterocycles. The normalized spacial score (nSPS) is 14.9. The van der Waals surface area contributed by atoms with Crippen LogP contribution in [0.15, 0.2) is 65.2 Å². The van der Waals surface area contributed by atoms with Crippen LogP contribution >= 0.6 is 0 Å². The Bertz CT molecular complexity index is 1300. The molecule has 1 amide bonds. The van der Waals surface area contributed by atoms with Crippen molar-refractivity contribution in [2.45, 2.75) is 25.8 Å². The monoisotopic (exact) mass is 457 g/mol. The minimum atomic E-state index is -0.0952. The Hall–Kier alpha value is -3.98. The predicted molar refractivity (Wildman–Crippen MR) is 130 cm³/mol. The van der Waals surface area contributed by atoms with E-state index in [-0.39, 0.29) is 11.9 Å². The topological polar surface area (TPSA) is 106 Å². The number of carbonyl (C=O) groups excluding carboxylic acids is 1. The van der Waals surface area contributed by atoms with Gasteiger partial charge in [-0.2, -0.15) is 0 Å². The van der Waals surface area contributed by atoms with Crippen LogP contribution in [0.2, 0.25) is 0 Å². The summed E-state index contributed by atoms with van der Waals surface area (Å²) in [6.07, 6.45) is 3.62. The Morgan fingerprint density at radius 1 is 1.09 bits per heavy atom. The maximum atomic E-state index is 13.6. The van der Waals surface area contributed by atoms with Crippen LogP contribution in [0.4, 0.5) is 11.5 Å². The lowest BCUT2D eigenvalue weighted by Crippen LogP contribution is -2.47. The molecular formula is C25H27N7O2. The number of likely N-dealkylation sites (tertiary alicyclic amines) is 1. The quantitative estimate of drug-likeness (QED) is 0.457. The van der Waals surface area contributed by atoms with Gasteiger partial charge in [0, 0.05) is 42.0 Å². The van der Waals surface area contributed by atoms with Crippen molar-refractivity contribution in [3.05, 3.63) is 72.2 Å². The fourth-order valence-electron chi connectivity index (χ4n) is 4.30. The molecule has 9 heteroatoms. The lowest BCUT2D eigenvalue weighted by molar-refractivity contribution is 0.0962. The van der Waals surface area contributed by atoms with Crippen LogP contribution in [0, 0.1) is 6.92 Å². The molecule has 34 heavy (non-hydrogen) atoms. The zero-order chi connectivity index (χ0) is 23.7. The zero-order valence-corrected chi connectivity index (χ0v) is 19.3. The lowest BCUT2D eigenvalue weighted by atomic mass is 10.0. The number of amides is 1. The average Bonchev–Trinajstić information content (AvgIpc) is 3.50. The van der Waals surface area contributed by atoms with Crippen molar-refractivity contribution in [3.63, 3.8) is 0 Å². The summed E-state index contributed by atoms with van der Waals surface area (Å²) in [5.74, 6) is 1.48. The number of benzene rings is 2. The number of hydrogen-bond donors (Lipinski definition) is 1. The van der Waals surface area contributed by atoms with Gasteiger partial charge < -0.3 is 15.1 Å². The van der Waals surface area contributed by atoms with E-state index in [1.54, 1.807) is 35.9 Å². The smallest absolute Gasteiger partial charge is 0.259 e. The summed E-state index contributed by atoms with van der Waals surface area (Å²) in [6.45, 7) is 3.62. The summed E-state index contributed by atoms with van der Waals surface area (Å²) in [5.41, 5.74) is 8.72. The molecule has 0 bridgehead atoms. The van der Waals surface area contributed by atoms with Crippen molar-refractivity contribution in [1.82, 2.24) is 24.9 Å². The highest BCUT2D eigenvalue weighted by atomic mass is 16.4. The molecule has 0 atom stereocenters. The van der Waals surface area contributed by atoms with Crippen LogP contribution in [0.5, 0.6) is 0 Å². The number of nitrogens with two attached hydrogens (primary N) is 1. The number of aromatic nitrogens is 4. The Morgan fingerprint density at radius 3 is 2.62 bits per heavy atom. The summed E-state index contributed by atoms with van der Waals surface area (Å²) in [6, 6.07) is 16.7. The maximum absolute atomic E-state index is 13.6. The van der Waals surface area contributed by atoms with E-state index in [1.165, 1.54) is 0 Å². The molecule has 1 fully saturated rings. The number of nitrogen functional groups attached to an aromatic ring is 1. The Morgan fingerprint density at radius 2 is 1.88 bits per heavy atom. The number of anilines is 2. The molecule has 5 rings (SSSR count). The predicted octanol–water partition coefficient (Wildman–Crippen LogP) is 3.55. The Balaban J connectivity index is 1.48. The van der Waals surface area contributed by atoms with Crippen molar-refractivity contribution >= 4 is 17.4 Å². The fraction of sp³-hybridized carbons (Fsp3) is 0.280. The first kappa shape index (κ1) is 21.8. The first-order chi connectivity index (χ1) is 16.5. The molecule has 2 aromatic heterocycles. The van der Waals surface area contributed by atoms with E-state index < -0.39 is 0 Å². The third-order valence-corrected chi connectivity index (χ3v) is 6.11. The Kier molecular flexibility index (Phi) is 5.85. The minimum absolute atomic E-state index is 0.0567. The minimum Gasteiger partial charge on any atom is -0.421 e. The second kappa shape index (κ2) is 9.11. The van der Waals surface area contributed by atoms with Gasteiger partial charge in [-0.25, -0.2) is 4.68 Å². The first-order valence-electron chi connectivity index (χ1n) is 11.3. The molecule has 2 aromatic carbocycles. The third-order valence-electron chi connectivity index (χ3n) is 6.11. The highest BCUT2D eigenvalue weighted by Crippen LogP contribution is 2.27. The van der Waals surface area contributed by atoms with Crippen molar-refractivity contribution in [2.24, 2.45) is 0 Å². The van der Waals surface area contributed by atoms with Gasteiger partial charge in [-0.05, 0) is 69.4 Å². The van der Waals surface area contributed by atoms with Gasteiger partial charge in [0.1, 0.15) is 0 Å². The Labute approximate surface area is 197 Å². The van der Waals surface area contributed by atoms with Gasteiger partial charge in [-0.1, -0.05) is 12.1 Å². The molecule has 0 saturated carbocycles. The van der Waals surface area contributed by atoms with E-state index in [0.717, 1.165) is 37.2 Å². The van der Waals surface area contributed by atoms with Crippen LogP contribution in [0.1, 0.15) is 29.1 Å². The van der Waals surface area contributed by atoms with E-state index in [9.17, 15) is 4.79 Å². The van der Waals surface area contributed by atoms with E-state index in [0.29, 0.717) is 28.9 Å². The van der Waals surface area contributed by atoms with E-state index >= 15 is 0 Å². The molecule has 0 radical (unpaired) electrons. The molecule has 1 aliphatic rings. The standard InChI is InChI=1S/C25H27N7O2/c1-17-27-28-24(34-17)18-5-4-8-22(16-18)31-14-11-23(29-31)32(21-9-12-30(2)13-10-21)25(33)19-6-3-7-20(26)15-19/h3-8,11,14-16,21H,9-10,12-13,26H2,1-2H3. The van der Waals surface area contributed by atoms with Gasteiger partial charge in [0.2, 0.25) is 11.8 Å². The lowest BCUT2D eigenvalue weighted by Gasteiger charge is -2.36. The summed E-state index contributed by atoms with van der Waals surface area (Å²) in [7, 11) is 2.10. The number of aryl methyl sites for hydroxylation is 1. The number of carbonyl (C=O) groups is 1. The van der Waals surface area contributed by atoms with Crippen LogP contribution in [0.25, 0.3) is 17.1 Å². The van der Waals surface area contributed by atoms with Gasteiger partial charge in [0.15, 0.2) is 5.82 Å². The zero-order valence-electron chi connectivity index (χ0n) is 19.3. The first-order valence-corrected chi connectivity index (χ1v) is 11.3. The SMILES string of the molecule is Cc1nnc(-c2cccc(-n3ccc(N(C(=O)c4cccc(N)c4)C4CCN(C)CC4)n3)c2)o1. The van der Waals surface area contributed by atoms with E-state index in [2.05, 4.69) is 22.1 Å². The largest absolute Gasteiger partial charge is 0.421 e. The summed E-state index contributed by atoms with van der Waals surface area (Å²) < 4.78 is 7.32. The number of hydrogen-bond acceptors (Lipinski definition) is 7. The van der Waals surface area contributed by atoms with Crippen molar-refractivity contribution in [1.29, 1.82) is 0 Å². The van der Waals surface area contributed by atoms with Crippen LogP contribution in [-0.4, -0.2) is 57.0 Å². The molecule has 174 valence electrons. The van der Waals surface area contributed by atoms with Gasteiger partial charge >= 0.3 is 0 Å². The van der Waals surface area contributed by atoms with Gasteiger partial charge in [-0.3, -0.25) is 9.69 Å². The molecule has 0 spiro atoms. The molecule has 4 aromatic rings. The molecular weight excluding hydrogens is 430 g/mol. The molecule has 1 aliphatic heterocycles. The summed E-state index contributed by atoms with van der Waals surface area (Å²) in [5, 5.41) is 12.8. The van der Waals surface area contributed by atoms with Crippen LogP contribution in [-0.2, 0) is 0 Å². The highest BCUT2D eigenvalue weighted by Gasteiger charge is 2.30. The summed E-state index contributed by atoms with van der Waals surface area (Å²) >= 11 is 0. The fourth-order valence-corrected chi connectivity index (χ4v) is 4.30. The molecule has 2 N–H and O–H groups in total. The molecule has 0 unspecified atom stereocenters. The second-order valence-electron chi connectivity index (χ2n) is 8.63. The van der Waals surface area contributed by atoms with Crippen LogP contribution in [0.3, 0.4) is 0 Å². The number of rotatable bonds is 5. The van der Waals surface area contributed by atoms with Gasteiger partial charge in [-0.15, -0.1) is 15.3 Å². The van der Waals surface area contributed by atoms with Crippen molar-refractivity contribution in [3.8, 4) is 17.1 Å². The average molecular weight is 458 g/mol. The summed E-state index contributed by atoms with van der Waals surface area (Å²) in [4.78, 5) is 17.7. The molecule has 9 nitrogen and oxygen atoms in total. The number of piperidine rings is 1. The third kappa shape index (κ3) is 4.42. The second-order valence-corrected chi connectivity index (χ2v) is 8.63. The van der Waals surface area contributed by atoms with Crippen molar-refractivity contribution in [2.75, 3.05) is 30.8 Å². The maximum Gasteiger partial charge on any atom is 0.259 e. The van der Waals surface area contributed by atoms with E-state index in [1.807, 2.05) is 41.4 Å². The molecule has 0 aliphatic carbocycles.